The molecule has 1 aliphatic carbocycles. The van der Waals surface area contributed by atoms with E-state index in [2.05, 4.69) is 22.9 Å². The molecule has 0 spiro atoms. The van der Waals surface area contributed by atoms with Crippen LogP contribution in [0.15, 0.2) is 16.6 Å². The van der Waals surface area contributed by atoms with E-state index in [-0.39, 0.29) is 11.9 Å². The molecule has 0 amide bonds. The van der Waals surface area contributed by atoms with Gasteiger partial charge in [0.1, 0.15) is 0 Å². The summed E-state index contributed by atoms with van der Waals surface area (Å²) in [5, 5.41) is 0. The Balaban J connectivity index is 2.12. The Kier molecular flexibility index (Phi) is 4.02. The van der Waals surface area contributed by atoms with E-state index in [1.165, 1.54) is 12.5 Å². The molecule has 17 heavy (non-hydrogen) atoms. The van der Waals surface area contributed by atoms with Crippen LogP contribution in [-0.2, 0) is 0 Å². The molecule has 1 saturated carbocycles. The molecule has 0 aromatic heterocycles. The van der Waals surface area contributed by atoms with Gasteiger partial charge in [-0.25, -0.2) is 4.39 Å². The molecule has 94 valence electrons. The normalized spacial score (nSPS) is 24.7. The Morgan fingerprint density at radius 3 is 2.76 bits per heavy atom. The third kappa shape index (κ3) is 3.18. The number of hydrogen-bond acceptors (Lipinski definition) is 1. The van der Waals surface area contributed by atoms with Crippen molar-refractivity contribution in [3.8, 4) is 5.75 Å². The summed E-state index contributed by atoms with van der Waals surface area (Å²) in [7, 11) is 0. The summed E-state index contributed by atoms with van der Waals surface area (Å²) in [6.07, 6.45) is 4.10. The summed E-state index contributed by atoms with van der Waals surface area (Å²) in [6.45, 7) is 2.16. The molecule has 1 aliphatic rings. The van der Waals surface area contributed by atoms with Gasteiger partial charge in [-0.3, -0.25) is 0 Å². The SMILES string of the molecule is CC1CCCC(Oc2cc(Br)cc(F)c2F)C1. The molecular formula is C13H15BrF2O. The zero-order valence-corrected chi connectivity index (χ0v) is 11.3. The first kappa shape index (κ1) is 12.8. The lowest BCUT2D eigenvalue weighted by Crippen LogP contribution is -2.24. The van der Waals surface area contributed by atoms with Crippen molar-refractivity contribution in [3.05, 3.63) is 28.2 Å². The van der Waals surface area contributed by atoms with E-state index in [1.807, 2.05) is 0 Å². The Morgan fingerprint density at radius 1 is 1.29 bits per heavy atom. The van der Waals surface area contributed by atoms with Crippen LogP contribution < -0.4 is 4.74 Å². The van der Waals surface area contributed by atoms with Crippen molar-refractivity contribution in [2.45, 2.75) is 38.7 Å². The van der Waals surface area contributed by atoms with Gasteiger partial charge in [0.15, 0.2) is 11.6 Å². The predicted molar refractivity (Wildman–Crippen MR) is 66.1 cm³/mol. The van der Waals surface area contributed by atoms with Crippen LogP contribution in [0.2, 0.25) is 0 Å². The van der Waals surface area contributed by atoms with Crippen molar-refractivity contribution < 1.29 is 13.5 Å². The number of hydrogen-bond donors (Lipinski definition) is 0. The van der Waals surface area contributed by atoms with E-state index in [4.69, 9.17) is 4.74 Å². The van der Waals surface area contributed by atoms with Crippen molar-refractivity contribution in [3.63, 3.8) is 0 Å². The van der Waals surface area contributed by atoms with Crippen molar-refractivity contribution in [2.24, 2.45) is 5.92 Å². The van der Waals surface area contributed by atoms with E-state index >= 15 is 0 Å². The first-order valence-electron chi connectivity index (χ1n) is 5.87. The van der Waals surface area contributed by atoms with Crippen LogP contribution in [0.5, 0.6) is 5.75 Å². The Labute approximate surface area is 108 Å². The summed E-state index contributed by atoms with van der Waals surface area (Å²) >= 11 is 3.14. The van der Waals surface area contributed by atoms with Gasteiger partial charge in [0.05, 0.1) is 6.10 Å². The maximum atomic E-state index is 13.5. The fourth-order valence-corrected chi connectivity index (χ4v) is 2.69. The number of benzene rings is 1. The lowest BCUT2D eigenvalue weighted by Gasteiger charge is -2.27. The van der Waals surface area contributed by atoms with Crippen molar-refractivity contribution in [2.75, 3.05) is 0 Å². The Morgan fingerprint density at radius 2 is 2.06 bits per heavy atom. The standard InChI is InChI=1S/C13H15BrF2O/c1-8-3-2-4-10(5-8)17-12-7-9(14)6-11(15)13(12)16/h6-8,10H,2-5H2,1H3. The molecule has 0 heterocycles. The fraction of sp³-hybridized carbons (Fsp3) is 0.538. The molecule has 0 radical (unpaired) electrons. The lowest BCUT2D eigenvalue weighted by molar-refractivity contribution is 0.123. The highest BCUT2D eigenvalue weighted by atomic mass is 79.9. The molecule has 2 atom stereocenters. The van der Waals surface area contributed by atoms with Gasteiger partial charge in [0.25, 0.3) is 0 Å². The molecule has 0 aliphatic heterocycles. The maximum Gasteiger partial charge on any atom is 0.200 e. The molecule has 0 bridgehead atoms. The van der Waals surface area contributed by atoms with E-state index in [0.29, 0.717) is 10.4 Å². The largest absolute Gasteiger partial charge is 0.487 e. The van der Waals surface area contributed by atoms with Crippen LogP contribution >= 0.6 is 15.9 Å². The second-order valence-corrected chi connectivity index (χ2v) is 5.63. The molecule has 4 heteroatoms. The maximum absolute atomic E-state index is 13.5. The molecule has 1 nitrogen and oxygen atoms in total. The minimum atomic E-state index is -0.897. The second-order valence-electron chi connectivity index (χ2n) is 4.71. The zero-order valence-electron chi connectivity index (χ0n) is 9.68. The molecule has 1 aromatic carbocycles. The zero-order chi connectivity index (χ0) is 12.4. The third-order valence-electron chi connectivity index (χ3n) is 3.14. The topological polar surface area (TPSA) is 9.23 Å². The first-order valence-corrected chi connectivity index (χ1v) is 6.66. The minimum Gasteiger partial charge on any atom is -0.487 e. The van der Waals surface area contributed by atoms with Gasteiger partial charge in [-0.1, -0.05) is 29.3 Å². The van der Waals surface area contributed by atoms with Gasteiger partial charge in [-0.05, 0) is 37.3 Å². The summed E-state index contributed by atoms with van der Waals surface area (Å²) in [6, 6.07) is 2.59. The monoisotopic (exact) mass is 304 g/mol. The van der Waals surface area contributed by atoms with E-state index in [0.717, 1.165) is 25.3 Å². The summed E-state index contributed by atoms with van der Waals surface area (Å²) in [5.74, 6) is -1.17. The highest BCUT2D eigenvalue weighted by molar-refractivity contribution is 9.10. The van der Waals surface area contributed by atoms with Gasteiger partial charge < -0.3 is 4.74 Å². The molecular weight excluding hydrogens is 290 g/mol. The quantitative estimate of drug-likeness (QED) is 0.721. The molecule has 0 N–H and O–H groups in total. The van der Waals surface area contributed by atoms with Crippen molar-refractivity contribution in [1.82, 2.24) is 0 Å². The van der Waals surface area contributed by atoms with Gasteiger partial charge in [0.2, 0.25) is 5.82 Å². The minimum absolute atomic E-state index is 0.00181. The van der Waals surface area contributed by atoms with Crippen LogP contribution in [0.25, 0.3) is 0 Å². The van der Waals surface area contributed by atoms with E-state index in [9.17, 15) is 8.78 Å². The highest BCUT2D eigenvalue weighted by Gasteiger charge is 2.22. The van der Waals surface area contributed by atoms with Gasteiger partial charge >= 0.3 is 0 Å². The third-order valence-corrected chi connectivity index (χ3v) is 3.60. The smallest absolute Gasteiger partial charge is 0.200 e. The van der Waals surface area contributed by atoms with Gasteiger partial charge in [-0.15, -0.1) is 0 Å². The van der Waals surface area contributed by atoms with Crippen LogP contribution in [0.4, 0.5) is 8.78 Å². The summed E-state index contributed by atoms with van der Waals surface area (Å²) in [5.41, 5.74) is 0. The van der Waals surface area contributed by atoms with E-state index < -0.39 is 11.6 Å². The fourth-order valence-electron chi connectivity index (χ4n) is 2.28. The average molecular weight is 305 g/mol. The van der Waals surface area contributed by atoms with E-state index in [1.54, 1.807) is 0 Å². The molecule has 0 saturated heterocycles. The van der Waals surface area contributed by atoms with Crippen LogP contribution in [0.1, 0.15) is 32.6 Å². The van der Waals surface area contributed by atoms with Crippen molar-refractivity contribution >= 4 is 15.9 Å². The Bertz CT molecular complexity index is 409. The summed E-state index contributed by atoms with van der Waals surface area (Å²) in [4.78, 5) is 0. The summed E-state index contributed by atoms with van der Waals surface area (Å²) < 4.78 is 32.8. The molecule has 1 fully saturated rings. The number of halogens is 3. The first-order chi connectivity index (χ1) is 8.06. The van der Waals surface area contributed by atoms with Gasteiger partial charge in [-0.2, -0.15) is 4.39 Å². The van der Waals surface area contributed by atoms with Crippen LogP contribution in [0, 0.1) is 17.6 Å². The second kappa shape index (κ2) is 5.34. The molecule has 1 aromatic rings. The molecule has 2 rings (SSSR count). The lowest BCUT2D eigenvalue weighted by atomic mass is 9.89. The van der Waals surface area contributed by atoms with Crippen molar-refractivity contribution in [1.29, 1.82) is 0 Å². The number of ether oxygens (including phenoxy) is 1. The predicted octanol–water partition coefficient (Wildman–Crippen LogP) is 4.68. The molecule has 2 unspecified atom stereocenters. The number of rotatable bonds is 2. The Hall–Kier alpha value is -0.640. The van der Waals surface area contributed by atoms with Gasteiger partial charge in [0, 0.05) is 4.47 Å². The average Bonchev–Trinajstić information content (AvgIpc) is 2.25. The highest BCUT2D eigenvalue weighted by Crippen LogP contribution is 2.31. The van der Waals surface area contributed by atoms with Crippen LogP contribution in [0.3, 0.4) is 0 Å². The van der Waals surface area contributed by atoms with Crippen LogP contribution in [-0.4, -0.2) is 6.10 Å².